The molecule has 0 spiro atoms. The van der Waals surface area contributed by atoms with Crippen LogP contribution < -0.4 is 10.6 Å². The van der Waals surface area contributed by atoms with Gasteiger partial charge in [-0.05, 0) is 38.3 Å². The van der Waals surface area contributed by atoms with Gasteiger partial charge in [-0.25, -0.2) is 4.98 Å². The van der Waals surface area contributed by atoms with E-state index in [0.29, 0.717) is 0 Å². The van der Waals surface area contributed by atoms with Gasteiger partial charge in [-0.1, -0.05) is 19.8 Å². The summed E-state index contributed by atoms with van der Waals surface area (Å²) in [5.41, 5.74) is 3.06. The van der Waals surface area contributed by atoms with E-state index < -0.39 is 0 Å². The van der Waals surface area contributed by atoms with Gasteiger partial charge < -0.3 is 20.3 Å². The molecular weight excluding hydrogens is 326 g/mol. The van der Waals surface area contributed by atoms with E-state index in [1.807, 2.05) is 0 Å². The lowest BCUT2D eigenvalue weighted by Crippen LogP contribution is -2.30. The van der Waals surface area contributed by atoms with Gasteiger partial charge in [-0.2, -0.15) is 5.26 Å². The molecule has 1 saturated heterocycles. The Kier molecular flexibility index (Phi) is 6.70. The van der Waals surface area contributed by atoms with Crippen molar-refractivity contribution in [1.82, 2.24) is 9.88 Å². The average Bonchev–Trinajstić information content (AvgIpc) is 3.17. The minimum Gasteiger partial charge on any atom is -0.376 e. The van der Waals surface area contributed by atoms with Gasteiger partial charge in [0.1, 0.15) is 17.7 Å². The first-order valence-electron chi connectivity index (χ1n) is 9.96. The van der Waals surface area contributed by atoms with E-state index in [1.165, 1.54) is 18.4 Å². The molecule has 1 atom stereocenters. The van der Waals surface area contributed by atoms with E-state index in [-0.39, 0.29) is 6.10 Å². The predicted molar refractivity (Wildman–Crippen MR) is 104 cm³/mol. The molecule has 142 valence electrons. The highest BCUT2D eigenvalue weighted by molar-refractivity contribution is 5.66. The van der Waals surface area contributed by atoms with Crippen LogP contribution in [0.1, 0.15) is 55.7 Å². The van der Waals surface area contributed by atoms with Crippen molar-refractivity contribution in [2.75, 3.05) is 43.9 Å². The number of hydrogen-bond donors (Lipinski definition) is 2. The largest absolute Gasteiger partial charge is 0.376 e. The SMILES string of the molecule is CCCCCNc1nc(NCC2CCCO2)c2c(c1C#N)CCN(C)C2. The second kappa shape index (κ2) is 9.20. The zero-order chi connectivity index (χ0) is 18.4. The molecule has 1 unspecified atom stereocenters. The van der Waals surface area contributed by atoms with Gasteiger partial charge in [-0.15, -0.1) is 0 Å². The summed E-state index contributed by atoms with van der Waals surface area (Å²) < 4.78 is 5.74. The number of rotatable bonds is 8. The summed E-state index contributed by atoms with van der Waals surface area (Å²) in [7, 11) is 2.12. The van der Waals surface area contributed by atoms with Crippen LogP contribution in [0.5, 0.6) is 0 Å². The highest BCUT2D eigenvalue weighted by Crippen LogP contribution is 2.31. The number of nitriles is 1. The zero-order valence-electron chi connectivity index (χ0n) is 16.1. The number of hydrogen-bond acceptors (Lipinski definition) is 6. The van der Waals surface area contributed by atoms with Crippen LogP contribution in [0.15, 0.2) is 0 Å². The molecule has 2 aliphatic rings. The molecule has 0 aromatic carbocycles. The molecule has 1 aromatic rings. The Hall–Kier alpha value is -1.84. The first kappa shape index (κ1) is 18.9. The van der Waals surface area contributed by atoms with E-state index >= 15 is 0 Å². The van der Waals surface area contributed by atoms with Crippen LogP contribution in [-0.2, 0) is 17.7 Å². The topological polar surface area (TPSA) is 73.2 Å². The van der Waals surface area contributed by atoms with Crippen molar-refractivity contribution >= 4 is 11.6 Å². The fraction of sp³-hybridized carbons (Fsp3) is 0.700. The molecule has 0 aliphatic carbocycles. The molecule has 0 bridgehead atoms. The molecule has 6 nitrogen and oxygen atoms in total. The second-order valence-corrected chi connectivity index (χ2v) is 7.39. The second-order valence-electron chi connectivity index (χ2n) is 7.39. The number of pyridine rings is 1. The van der Waals surface area contributed by atoms with Crippen LogP contribution in [0.25, 0.3) is 0 Å². The van der Waals surface area contributed by atoms with E-state index in [0.717, 1.165) is 81.2 Å². The summed E-state index contributed by atoms with van der Waals surface area (Å²) in [4.78, 5) is 7.11. The van der Waals surface area contributed by atoms with Gasteiger partial charge in [0.2, 0.25) is 0 Å². The number of anilines is 2. The fourth-order valence-electron chi connectivity index (χ4n) is 3.76. The van der Waals surface area contributed by atoms with Crippen molar-refractivity contribution in [3.05, 3.63) is 16.7 Å². The smallest absolute Gasteiger partial charge is 0.146 e. The molecule has 3 rings (SSSR count). The third kappa shape index (κ3) is 4.46. The van der Waals surface area contributed by atoms with Crippen molar-refractivity contribution in [2.45, 2.75) is 58.1 Å². The van der Waals surface area contributed by atoms with Crippen LogP contribution in [0.2, 0.25) is 0 Å². The summed E-state index contributed by atoms with van der Waals surface area (Å²) in [6.07, 6.45) is 6.88. The van der Waals surface area contributed by atoms with Gasteiger partial charge in [0, 0.05) is 38.3 Å². The molecular formula is C20H31N5O. The van der Waals surface area contributed by atoms with Gasteiger partial charge in [0.25, 0.3) is 0 Å². The maximum atomic E-state index is 9.75. The quantitative estimate of drug-likeness (QED) is 0.697. The van der Waals surface area contributed by atoms with Gasteiger partial charge in [-0.3, -0.25) is 0 Å². The number of aromatic nitrogens is 1. The van der Waals surface area contributed by atoms with Crippen molar-refractivity contribution in [3.8, 4) is 6.07 Å². The van der Waals surface area contributed by atoms with Crippen LogP contribution in [0, 0.1) is 11.3 Å². The molecule has 6 heteroatoms. The lowest BCUT2D eigenvalue weighted by atomic mass is 9.96. The van der Waals surface area contributed by atoms with Crippen molar-refractivity contribution in [3.63, 3.8) is 0 Å². The first-order valence-corrected chi connectivity index (χ1v) is 9.96. The molecule has 2 N–H and O–H groups in total. The predicted octanol–water partition coefficient (Wildman–Crippen LogP) is 3.13. The number of nitrogens with one attached hydrogen (secondary N) is 2. The van der Waals surface area contributed by atoms with Gasteiger partial charge in [0.05, 0.1) is 11.7 Å². The molecule has 2 aliphatic heterocycles. The highest BCUT2D eigenvalue weighted by Gasteiger charge is 2.25. The molecule has 0 saturated carbocycles. The minimum atomic E-state index is 0.269. The van der Waals surface area contributed by atoms with Crippen LogP contribution in [-0.4, -0.2) is 49.3 Å². The van der Waals surface area contributed by atoms with Crippen LogP contribution in [0.4, 0.5) is 11.6 Å². The highest BCUT2D eigenvalue weighted by atomic mass is 16.5. The fourth-order valence-corrected chi connectivity index (χ4v) is 3.76. The third-order valence-electron chi connectivity index (χ3n) is 5.29. The van der Waals surface area contributed by atoms with E-state index in [4.69, 9.17) is 9.72 Å². The number of likely N-dealkylation sites (N-methyl/N-ethyl adjacent to an activating group) is 1. The minimum absolute atomic E-state index is 0.269. The van der Waals surface area contributed by atoms with Crippen molar-refractivity contribution in [2.24, 2.45) is 0 Å². The average molecular weight is 358 g/mol. The third-order valence-corrected chi connectivity index (χ3v) is 5.29. The Labute approximate surface area is 156 Å². The summed E-state index contributed by atoms with van der Waals surface area (Å²) in [5.74, 6) is 1.65. The maximum absolute atomic E-state index is 9.75. The van der Waals surface area contributed by atoms with Crippen LogP contribution >= 0.6 is 0 Å². The summed E-state index contributed by atoms with van der Waals surface area (Å²) in [6.45, 7) is 6.51. The molecule has 1 fully saturated rings. The van der Waals surface area contributed by atoms with Crippen LogP contribution in [0.3, 0.4) is 0 Å². The number of nitrogens with zero attached hydrogens (tertiary/aromatic N) is 3. The van der Waals surface area contributed by atoms with E-state index in [2.05, 4.69) is 35.6 Å². The molecule has 3 heterocycles. The first-order chi connectivity index (χ1) is 12.7. The molecule has 0 radical (unpaired) electrons. The number of ether oxygens (including phenoxy) is 1. The standard InChI is InChI=1S/C20H31N5O/c1-3-4-5-9-22-19-17(12-21)16-8-10-25(2)14-18(16)20(24-19)23-13-15-7-6-11-26-15/h15H,3-11,13-14H2,1-2H3,(H2,22,23,24). The molecule has 26 heavy (non-hydrogen) atoms. The molecule has 0 amide bonds. The monoisotopic (exact) mass is 357 g/mol. The normalized spacial score (nSPS) is 19.8. The summed E-state index contributed by atoms with van der Waals surface area (Å²) >= 11 is 0. The van der Waals surface area contributed by atoms with Gasteiger partial charge in [0.15, 0.2) is 0 Å². The Morgan fingerprint density at radius 3 is 2.88 bits per heavy atom. The summed E-state index contributed by atoms with van der Waals surface area (Å²) in [6, 6.07) is 2.41. The maximum Gasteiger partial charge on any atom is 0.146 e. The van der Waals surface area contributed by atoms with E-state index in [9.17, 15) is 5.26 Å². The van der Waals surface area contributed by atoms with Gasteiger partial charge >= 0.3 is 0 Å². The van der Waals surface area contributed by atoms with Crippen molar-refractivity contribution < 1.29 is 4.74 Å². The Morgan fingerprint density at radius 1 is 1.27 bits per heavy atom. The lowest BCUT2D eigenvalue weighted by Gasteiger charge is -2.29. The zero-order valence-corrected chi connectivity index (χ0v) is 16.1. The molecule has 1 aromatic heterocycles. The van der Waals surface area contributed by atoms with E-state index in [1.54, 1.807) is 0 Å². The Morgan fingerprint density at radius 2 is 2.15 bits per heavy atom. The summed E-state index contributed by atoms with van der Waals surface area (Å²) in [5, 5.41) is 16.7. The number of unbranched alkanes of at least 4 members (excludes halogenated alkanes) is 2. The lowest BCUT2D eigenvalue weighted by molar-refractivity contribution is 0.120. The Bertz CT molecular complexity index is 649. The Balaban J connectivity index is 1.83. The van der Waals surface area contributed by atoms with Crippen molar-refractivity contribution in [1.29, 1.82) is 5.26 Å². The number of fused-ring (bicyclic) bond motifs is 1.